The van der Waals surface area contributed by atoms with E-state index in [0.717, 1.165) is 75.0 Å². The van der Waals surface area contributed by atoms with E-state index in [1.807, 2.05) is 48.7 Å². The molecule has 5 heterocycles. The number of fused-ring (bicyclic) bond motifs is 2. The lowest BCUT2D eigenvalue weighted by Gasteiger charge is -2.24. The molecule has 8 nitrogen and oxygen atoms in total. The van der Waals surface area contributed by atoms with Crippen LogP contribution in [0.4, 0.5) is 5.69 Å². The summed E-state index contributed by atoms with van der Waals surface area (Å²) >= 11 is 0. The van der Waals surface area contributed by atoms with Gasteiger partial charge in [0.1, 0.15) is 5.69 Å². The number of rotatable bonds is 5. The fourth-order valence-corrected chi connectivity index (χ4v) is 4.87. The molecular formula is C29H23N7O. The molecule has 0 atom stereocenters. The van der Waals surface area contributed by atoms with Crippen LogP contribution in [0.3, 0.4) is 0 Å². The van der Waals surface area contributed by atoms with Crippen LogP contribution in [0.25, 0.3) is 55.7 Å². The van der Waals surface area contributed by atoms with Crippen molar-refractivity contribution in [3.8, 4) is 33.9 Å². The minimum Gasteiger partial charge on any atom is -0.353 e. The van der Waals surface area contributed by atoms with Gasteiger partial charge in [0.25, 0.3) is 0 Å². The van der Waals surface area contributed by atoms with Crippen LogP contribution in [-0.4, -0.2) is 36.0 Å². The highest BCUT2D eigenvalue weighted by Gasteiger charge is 2.25. The van der Waals surface area contributed by atoms with Crippen LogP contribution in [0.1, 0.15) is 19.3 Å². The Morgan fingerprint density at radius 3 is 2.62 bits per heavy atom. The molecule has 0 bridgehead atoms. The minimum absolute atomic E-state index is 0.0798. The number of aromatic nitrogens is 6. The Morgan fingerprint density at radius 1 is 0.865 bits per heavy atom. The average molecular weight is 486 g/mol. The van der Waals surface area contributed by atoms with E-state index >= 15 is 0 Å². The Bertz CT molecular complexity index is 1770. The lowest BCUT2D eigenvalue weighted by Crippen LogP contribution is -2.28. The molecule has 5 aromatic heterocycles. The summed E-state index contributed by atoms with van der Waals surface area (Å²) < 4.78 is 0. The predicted octanol–water partition coefficient (Wildman–Crippen LogP) is 5.97. The predicted molar refractivity (Wildman–Crippen MR) is 144 cm³/mol. The van der Waals surface area contributed by atoms with E-state index < -0.39 is 0 Å². The van der Waals surface area contributed by atoms with Crippen LogP contribution in [0.5, 0.6) is 0 Å². The van der Waals surface area contributed by atoms with Crippen molar-refractivity contribution in [3.63, 3.8) is 0 Å². The summed E-state index contributed by atoms with van der Waals surface area (Å²) in [4.78, 5) is 29.4. The number of hydrogen-bond acceptors (Lipinski definition) is 5. The number of anilines is 1. The lowest BCUT2D eigenvalue weighted by atomic mass is 9.85. The van der Waals surface area contributed by atoms with Crippen molar-refractivity contribution in [1.29, 1.82) is 0 Å². The van der Waals surface area contributed by atoms with Gasteiger partial charge in [-0.1, -0.05) is 18.6 Å². The van der Waals surface area contributed by atoms with E-state index in [4.69, 9.17) is 0 Å². The van der Waals surface area contributed by atoms with Crippen LogP contribution < -0.4 is 5.32 Å². The number of pyridine rings is 3. The standard InChI is InChI=1S/C29H23N7O/c37-29(17-4-3-5-17)33-20-12-19(15-30-16-20)18-7-8-24-21(13-18)28(36-35-24)26-14-22-23(34-26)9-11-32-27(22)25-6-1-2-10-31-25/h1-2,6-17,34H,3-5H2,(H,33,37)(H,35,36). The molecule has 1 aliphatic rings. The largest absolute Gasteiger partial charge is 0.353 e. The van der Waals surface area contributed by atoms with E-state index in [0.29, 0.717) is 5.69 Å². The average Bonchev–Trinajstić information content (AvgIpc) is 3.52. The van der Waals surface area contributed by atoms with Gasteiger partial charge in [-0.05, 0) is 60.9 Å². The molecule has 180 valence electrons. The van der Waals surface area contributed by atoms with Crippen LogP contribution in [0.15, 0.2) is 79.4 Å². The second-order valence-electron chi connectivity index (χ2n) is 9.43. The highest BCUT2D eigenvalue weighted by molar-refractivity contribution is 6.00. The van der Waals surface area contributed by atoms with Gasteiger partial charge < -0.3 is 10.3 Å². The second kappa shape index (κ2) is 8.67. The Morgan fingerprint density at radius 2 is 1.78 bits per heavy atom. The number of H-pyrrole nitrogens is 2. The normalized spacial score (nSPS) is 13.6. The van der Waals surface area contributed by atoms with Gasteiger partial charge in [-0.25, -0.2) is 0 Å². The number of carbonyl (C=O) groups is 1. The number of amides is 1. The first kappa shape index (κ1) is 21.4. The first-order chi connectivity index (χ1) is 18.2. The van der Waals surface area contributed by atoms with Gasteiger partial charge in [-0.3, -0.25) is 24.8 Å². The van der Waals surface area contributed by atoms with Gasteiger partial charge in [0.15, 0.2) is 0 Å². The molecule has 8 heteroatoms. The zero-order chi connectivity index (χ0) is 24.8. The summed E-state index contributed by atoms with van der Waals surface area (Å²) in [5.74, 6) is 0.203. The summed E-state index contributed by atoms with van der Waals surface area (Å²) in [6, 6.07) is 18.0. The van der Waals surface area contributed by atoms with Crippen molar-refractivity contribution in [2.75, 3.05) is 5.32 Å². The van der Waals surface area contributed by atoms with Crippen molar-refractivity contribution >= 4 is 33.4 Å². The SMILES string of the molecule is O=C(Nc1cncc(-c2ccc3[nH]nc(-c4cc5c(-c6ccccn6)nccc5[nH]4)c3c2)c1)C1CCC1. The van der Waals surface area contributed by atoms with Gasteiger partial charge in [0.2, 0.25) is 5.91 Å². The van der Waals surface area contributed by atoms with E-state index in [9.17, 15) is 4.79 Å². The number of nitrogens with zero attached hydrogens (tertiary/aromatic N) is 4. The molecule has 6 aromatic rings. The van der Waals surface area contributed by atoms with E-state index in [-0.39, 0.29) is 11.8 Å². The van der Waals surface area contributed by atoms with E-state index in [1.54, 1.807) is 18.6 Å². The Balaban J connectivity index is 1.26. The molecule has 1 aliphatic carbocycles. The molecule has 1 saturated carbocycles. The molecule has 0 saturated heterocycles. The quantitative estimate of drug-likeness (QED) is 0.279. The third-order valence-electron chi connectivity index (χ3n) is 7.09. The summed E-state index contributed by atoms with van der Waals surface area (Å²) in [5, 5.41) is 12.8. The van der Waals surface area contributed by atoms with E-state index in [1.165, 1.54) is 0 Å². The summed E-state index contributed by atoms with van der Waals surface area (Å²) in [6.45, 7) is 0. The number of aromatic amines is 2. The van der Waals surface area contributed by atoms with Crippen molar-refractivity contribution < 1.29 is 4.79 Å². The molecular weight excluding hydrogens is 462 g/mol. The molecule has 0 unspecified atom stereocenters. The zero-order valence-electron chi connectivity index (χ0n) is 19.9. The summed E-state index contributed by atoms with van der Waals surface area (Å²) in [7, 11) is 0. The minimum atomic E-state index is 0.0798. The Kier molecular flexibility index (Phi) is 5.02. The summed E-state index contributed by atoms with van der Waals surface area (Å²) in [5.41, 5.74) is 7.91. The van der Waals surface area contributed by atoms with Crippen molar-refractivity contribution in [2.45, 2.75) is 19.3 Å². The van der Waals surface area contributed by atoms with Crippen LogP contribution >= 0.6 is 0 Å². The van der Waals surface area contributed by atoms with Crippen molar-refractivity contribution in [2.24, 2.45) is 5.92 Å². The van der Waals surface area contributed by atoms with Crippen LogP contribution in [-0.2, 0) is 4.79 Å². The van der Waals surface area contributed by atoms with Gasteiger partial charge in [-0.2, -0.15) is 5.10 Å². The van der Waals surface area contributed by atoms with Crippen LogP contribution in [0, 0.1) is 5.92 Å². The van der Waals surface area contributed by atoms with Gasteiger partial charge >= 0.3 is 0 Å². The smallest absolute Gasteiger partial charge is 0.227 e. The highest BCUT2D eigenvalue weighted by Crippen LogP contribution is 2.34. The number of carbonyl (C=O) groups excluding carboxylic acids is 1. The zero-order valence-corrected chi connectivity index (χ0v) is 19.9. The van der Waals surface area contributed by atoms with Crippen molar-refractivity contribution in [3.05, 3.63) is 79.4 Å². The molecule has 1 fully saturated rings. The van der Waals surface area contributed by atoms with Gasteiger partial charge in [0.05, 0.1) is 34.5 Å². The molecule has 7 rings (SSSR count). The van der Waals surface area contributed by atoms with Gasteiger partial charge in [0, 0.05) is 46.4 Å². The molecule has 3 N–H and O–H groups in total. The number of benzene rings is 1. The lowest BCUT2D eigenvalue weighted by molar-refractivity contribution is -0.122. The molecule has 0 aliphatic heterocycles. The summed E-state index contributed by atoms with van der Waals surface area (Å²) in [6.07, 6.45) is 10.1. The third kappa shape index (κ3) is 3.83. The van der Waals surface area contributed by atoms with Gasteiger partial charge in [-0.15, -0.1) is 0 Å². The van der Waals surface area contributed by atoms with Crippen molar-refractivity contribution in [1.82, 2.24) is 30.1 Å². The first-order valence-corrected chi connectivity index (χ1v) is 12.4. The Labute approximate surface area is 212 Å². The molecule has 0 spiro atoms. The monoisotopic (exact) mass is 485 g/mol. The van der Waals surface area contributed by atoms with Crippen LogP contribution in [0.2, 0.25) is 0 Å². The maximum absolute atomic E-state index is 12.4. The molecule has 1 aromatic carbocycles. The maximum atomic E-state index is 12.4. The number of hydrogen-bond donors (Lipinski definition) is 3. The molecule has 37 heavy (non-hydrogen) atoms. The molecule has 1 amide bonds. The fraction of sp³-hybridized carbons (Fsp3) is 0.138. The number of nitrogens with one attached hydrogen (secondary N) is 3. The first-order valence-electron chi connectivity index (χ1n) is 12.4. The van der Waals surface area contributed by atoms with E-state index in [2.05, 4.69) is 47.6 Å². The Hall–Kier alpha value is -4.85. The fourth-order valence-electron chi connectivity index (χ4n) is 4.87. The maximum Gasteiger partial charge on any atom is 0.227 e. The second-order valence-corrected chi connectivity index (χ2v) is 9.43. The molecule has 0 radical (unpaired) electrons. The highest BCUT2D eigenvalue weighted by atomic mass is 16.1. The third-order valence-corrected chi connectivity index (χ3v) is 7.09. The topological polar surface area (TPSA) is 112 Å².